The predicted octanol–water partition coefficient (Wildman–Crippen LogP) is 2.37. The van der Waals surface area contributed by atoms with Crippen molar-refractivity contribution < 1.29 is 15.0 Å². The molecule has 0 aliphatic rings. The van der Waals surface area contributed by atoms with Gasteiger partial charge in [0.15, 0.2) is 0 Å². The van der Waals surface area contributed by atoms with E-state index >= 15 is 0 Å². The number of carbonyl (C=O) groups is 1. The van der Waals surface area contributed by atoms with E-state index in [0.717, 1.165) is 25.7 Å². The third-order valence-corrected chi connectivity index (χ3v) is 2.36. The molecule has 0 atom stereocenters. The van der Waals surface area contributed by atoms with E-state index in [9.17, 15) is 4.79 Å². The molecule has 0 aliphatic heterocycles. The summed E-state index contributed by atoms with van der Waals surface area (Å²) >= 11 is 0. The molecule has 0 saturated carbocycles. The van der Waals surface area contributed by atoms with Crippen molar-refractivity contribution in [2.24, 2.45) is 0 Å². The molecule has 0 aliphatic carbocycles. The molecule has 0 fully saturated rings. The lowest BCUT2D eigenvalue weighted by atomic mass is 10.1. The van der Waals surface area contributed by atoms with Crippen molar-refractivity contribution >= 4 is 6.09 Å². The van der Waals surface area contributed by atoms with E-state index < -0.39 is 6.09 Å². The standard InChI is InChI=1S/C11H23NO3/c13-10-8-6-4-2-1-3-5-7-9-12-11(14)15/h12-13H,1-10H2,(H,14,15). The number of nitrogens with one attached hydrogen (secondary N) is 1. The molecule has 15 heavy (non-hydrogen) atoms. The summed E-state index contributed by atoms with van der Waals surface area (Å²) in [6.07, 6.45) is 7.97. The third kappa shape index (κ3) is 13.2. The monoisotopic (exact) mass is 217 g/mol. The van der Waals surface area contributed by atoms with Crippen LogP contribution < -0.4 is 5.32 Å². The number of amides is 1. The fourth-order valence-electron chi connectivity index (χ4n) is 1.49. The normalized spacial score (nSPS) is 10.2. The van der Waals surface area contributed by atoms with Crippen LogP contribution in [0.5, 0.6) is 0 Å². The third-order valence-electron chi connectivity index (χ3n) is 2.36. The molecule has 0 heterocycles. The van der Waals surface area contributed by atoms with Crippen LogP contribution in [0.25, 0.3) is 0 Å². The molecule has 3 N–H and O–H groups in total. The van der Waals surface area contributed by atoms with E-state index in [-0.39, 0.29) is 0 Å². The number of rotatable bonds is 10. The summed E-state index contributed by atoms with van der Waals surface area (Å²) < 4.78 is 0. The molecule has 0 aromatic heterocycles. The maximum Gasteiger partial charge on any atom is 0.404 e. The SMILES string of the molecule is O=C(O)NCCCCCCCCCCO. The van der Waals surface area contributed by atoms with Crippen molar-refractivity contribution in [2.45, 2.75) is 51.4 Å². The zero-order valence-corrected chi connectivity index (χ0v) is 9.37. The van der Waals surface area contributed by atoms with Gasteiger partial charge in [-0.05, 0) is 12.8 Å². The Morgan fingerprint density at radius 1 is 0.867 bits per heavy atom. The van der Waals surface area contributed by atoms with Gasteiger partial charge < -0.3 is 15.5 Å². The van der Waals surface area contributed by atoms with Crippen molar-refractivity contribution in [2.75, 3.05) is 13.2 Å². The van der Waals surface area contributed by atoms with Gasteiger partial charge in [-0.3, -0.25) is 0 Å². The van der Waals surface area contributed by atoms with Crippen molar-refractivity contribution in [3.8, 4) is 0 Å². The highest BCUT2D eigenvalue weighted by atomic mass is 16.4. The summed E-state index contributed by atoms with van der Waals surface area (Å²) in [5.41, 5.74) is 0. The number of hydrogen-bond donors (Lipinski definition) is 3. The molecule has 0 aromatic carbocycles. The highest BCUT2D eigenvalue weighted by Crippen LogP contribution is 2.07. The molecule has 0 unspecified atom stereocenters. The minimum atomic E-state index is -0.931. The first-order valence-electron chi connectivity index (χ1n) is 5.85. The lowest BCUT2D eigenvalue weighted by molar-refractivity contribution is 0.194. The number of aliphatic hydroxyl groups is 1. The minimum Gasteiger partial charge on any atom is -0.465 e. The Morgan fingerprint density at radius 2 is 1.33 bits per heavy atom. The average molecular weight is 217 g/mol. The van der Waals surface area contributed by atoms with Gasteiger partial charge in [0.25, 0.3) is 0 Å². The lowest BCUT2D eigenvalue weighted by Gasteiger charge is -2.02. The van der Waals surface area contributed by atoms with Crippen LogP contribution in [0.3, 0.4) is 0 Å². The van der Waals surface area contributed by atoms with Crippen LogP contribution in [-0.2, 0) is 0 Å². The van der Waals surface area contributed by atoms with E-state index in [1.807, 2.05) is 0 Å². The van der Waals surface area contributed by atoms with Gasteiger partial charge in [-0.2, -0.15) is 0 Å². The average Bonchev–Trinajstić information content (AvgIpc) is 2.20. The summed E-state index contributed by atoms with van der Waals surface area (Å²) in [5.74, 6) is 0. The largest absolute Gasteiger partial charge is 0.465 e. The van der Waals surface area contributed by atoms with E-state index in [4.69, 9.17) is 10.2 Å². The lowest BCUT2D eigenvalue weighted by Crippen LogP contribution is -2.21. The van der Waals surface area contributed by atoms with Crippen LogP contribution in [-0.4, -0.2) is 29.5 Å². The zero-order chi connectivity index (χ0) is 11.4. The van der Waals surface area contributed by atoms with Gasteiger partial charge in [0.1, 0.15) is 0 Å². The maximum atomic E-state index is 10.1. The van der Waals surface area contributed by atoms with Gasteiger partial charge in [0.2, 0.25) is 0 Å². The van der Waals surface area contributed by atoms with Crippen molar-refractivity contribution in [1.82, 2.24) is 5.32 Å². The highest BCUT2D eigenvalue weighted by molar-refractivity contribution is 5.64. The topological polar surface area (TPSA) is 69.6 Å². The number of hydrogen-bond acceptors (Lipinski definition) is 2. The van der Waals surface area contributed by atoms with Crippen molar-refractivity contribution in [3.63, 3.8) is 0 Å². The maximum absolute atomic E-state index is 10.1. The Morgan fingerprint density at radius 3 is 1.80 bits per heavy atom. The molecular formula is C11H23NO3. The second-order valence-electron chi connectivity index (χ2n) is 3.78. The van der Waals surface area contributed by atoms with Crippen LogP contribution in [0.1, 0.15) is 51.4 Å². The van der Waals surface area contributed by atoms with Crippen molar-refractivity contribution in [3.05, 3.63) is 0 Å². The first kappa shape index (κ1) is 14.2. The number of carboxylic acid groups (broad SMARTS) is 1. The van der Waals surface area contributed by atoms with Crippen molar-refractivity contribution in [1.29, 1.82) is 0 Å². The number of aliphatic hydroxyl groups excluding tert-OH is 1. The van der Waals surface area contributed by atoms with E-state index in [0.29, 0.717) is 13.2 Å². The Labute approximate surface area is 91.7 Å². The Balaban J connectivity index is 2.89. The highest BCUT2D eigenvalue weighted by Gasteiger charge is 1.94. The Bertz CT molecular complexity index is 151. The molecule has 0 radical (unpaired) electrons. The fraction of sp³-hybridized carbons (Fsp3) is 0.909. The van der Waals surface area contributed by atoms with Gasteiger partial charge in [-0.25, -0.2) is 4.79 Å². The molecule has 1 amide bonds. The summed E-state index contributed by atoms with van der Waals surface area (Å²) in [6, 6.07) is 0. The Kier molecular flexibility index (Phi) is 10.7. The molecule has 0 aromatic rings. The van der Waals surface area contributed by atoms with Gasteiger partial charge in [-0.1, -0.05) is 38.5 Å². The van der Waals surface area contributed by atoms with Crippen LogP contribution in [0.2, 0.25) is 0 Å². The van der Waals surface area contributed by atoms with Crippen LogP contribution in [0, 0.1) is 0 Å². The van der Waals surface area contributed by atoms with E-state index in [1.54, 1.807) is 0 Å². The summed E-state index contributed by atoms with van der Waals surface area (Å²) in [5, 5.41) is 19.2. The zero-order valence-electron chi connectivity index (χ0n) is 9.37. The minimum absolute atomic E-state index is 0.306. The number of unbranched alkanes of at least 4 members (excludes halogenated alkanes) is 7. The Hall–Kier alpha value is -0.770. The van der Waals surface area contributed by atoms with Crippen LogP contribution >= 0.6 is 0 Å². The molecule has 4 nitrogen and oxygen atoms in total. The van der Waals surface area contributed by atoms with Gasteiger partial charge >= 0.3 is 6.09 Å². The molecule has 4 heteroatoms. The fourth-order valence-corrected chi connectivity index (χ4v) is 1.49. The summed E-state index contributed by atoms with van der Waals surface area (Å²) in [4.78, 5) is 10.1. The smallest absolute Gasteiger partial charge is 0.404 e. The summed E-state index contributed by atoms with van der Waals surface area (Å²) in [6.45, 7) is 0.876. The second-order valence-corrected chi connectivity index (χ2v) is 3.78. The predicted molar refractivity (Wildman–Crippen MR) is 60.0 cm³/mol. The molecule has 0 saturated heterocycles. The molecule has 0 bridgehead atoms. The first-order chi connectivity index (χ1) is 7.27. The van der Waals surface area contributed by atoms with Gasteiger partial charge in [0, 0.05) is 13.2 Å². The van der Waals surface area contributed by atoms with Crippen LogP contribution in [0.15, 0.2) is 0 Å². The first-order valence-corrected chi connectivity index (χ1v) is 5.85. The summed E-state index contributed by atoms with van der Waals surface area (Å²) in [7, 11) is 0. The van der Waals surface area contributed by atoms with Gasteiger partial charge in [0.05, 0.1) is 0 Å². The molecular weight excluding hydrogens is 194 g/mol. The van der Waals surface area contributed by atoms with Crippen LogP contribution in [0.4, 0.5) is 4.79 Å². The molecule has 90 valence electrons. The quantitative estimate of drug-likeness (QED) is 0.492. The van der Waals surface area contributed by atoms with E-state index in [2.05, 4.69) is 5.32 Å². The second kappa shape index (κ2) is 11.3. The molecule has 0 spiro atoms. The molecule has 0 rings (SSSR count). The van der Waals surface area contributed by atoms with Gasteiger partial charge in [-0.15, -0.1) is 0 Å². The van der Waals surface area contributed by atoms with E-state index in [1.165, 1.54) is 25.7 Å².